The van der Waals surface area contributed by atoms with Gasteiger partial charge in [0, 0.05) is 12.3 Å². The van der Waals surface area contributed by atoms with E-state index in [1.165, 1.54) is 0 Å². The highest BCUT2D eigenvalue weighted by atomic mass is 16.5. The van der Waals surface area contributed by atoms with Crippen molar-refractivity contribution in [2.24, 2.45) is 0 Å². The molecule has 0 fully saturated rings. The minimum absolute atomic E-state index is 0.322. The third kappa shape index (κ3) is 2.70. The van der Waals surface area contributed by atoms with Crippen LogP contribution in [0.5, 0.6) is 11.9 Å². The number of rotatable bonds is 4. The van der Waals surface area contributed by atoms with Gasteiger partial charge in [0.1, 0.15) is 6.61 Å². The molecule has 1 heterocycles. The minimum atomic E-state index is 0.322. The summed E-state index contributed by atoms with van der Waals surface area (Å²) >= 11 is 0. The van der Waals surface area contributed by atoms with E-state index in [-0.39, 0.29) is 0 Å². The van der Waals surface area contributed by atoms with Gasteiger partial charge >= 0.3 is 6.01 Å². The van der Waals surface area contributed by atoms with Gasteiger partial charge in [-0.25, -0.2) is 4.98 Å². The van der Waals surface area contributed by atoms with Gasteiger partial charge in [-0.2, -0.15) is 4.98 Å². The van der Waals surface area contributed by atoms with E-state index >= 15 is 0 Å². The summed E-state index contributed by atoms with van der Waals surface area (Å²) in [5.41, 5.74) is 1.08. The smallest absolute Gasteiger partial charge is 0.320 e. The van der Waals surface area contributed by atoms with Crippen LogP contribution in [-0.2, 0) is 6.61 Å². The van der Waals surface area contributed by atoms with E-state index in [2.05, 4.69) is 9.97 Å². The lowest BCUT2D eigenvalue weighted by molar-refractivity contribution is 0.273. The molecule has 0 saturated heterocycles. The third-order valence-electron chi connectivity index (χ3n) is 2.03. The monoisotopic (exact) mass is 216 g/mol. The number of nitrogens with zero attached hydrogens (tertiary/aromatic N) is 2. The Morgan fingerprint density at radius 1 is 1.12 bits per heavy atom. The summed E-state index contributed by atoms with van der Waals surface area (Å²) < 4.78 is 10.4. The Bertz CT molecular complexity index is 446. The summed E-state index contributed by atoms with van der Waals surface area (Å²) in [6, 6.07) is 11.9. The Morgan fingerprint density at radius 3 is 2.69 bits per heavy atom. The van der Waals surface area contributed by atoms with Crippen LogP contribution in [0.1, 0.15) is 5.56 Å². The molecule has 0 spiro atoms. The van der Waals surface area contributed by atoms with Crippen molar-refractivity contribution in [2.75, 3.05) is 7.11 Å². The first-order valence-corrected chi connectivity index (χ1v) is 4.92. The highest BCUT2D eigenvalue weighted by Gasteiger charge is 2.00. The summed E-state index contributed by atoms with van der Waals surface area (Å²) in [5.74, 6) is 0.498. The van der Waals surface area contributed by atoms with Gasteiger partial charge in [0.25, 0.3) is 0 Å². The lowest BCUT2D eigenvalue weighted by atomic mass is 10.2. The molecule has 4 heteroatoms. The van der Waals surface area contributed by atoms with Crippen LogP contribution >= 0.6 is 0 Å². The fourth-order valence-electron chi connectivity index (χ4n) is 1.23. The van der Waals surface area contributed by atoms with Crippen LogP contribution in [0, 0.1) is 0 Å². The van der Waals surface area contributed by atoms with Crippen molar-refractivity contribution in [1.82, 2.24) is 9.97 Å². The van der Waals surface area contributed by atoms with Crippen molar-refractivity contribution < 1.29 is 9.47 Å². The van der Waals surface area contributed by atoms with Gasteiger partial charge in [-0.05, 0) is 5.56 Å². The molecule has 82 valence electrons. The lowest BCUT2D eigenvalue weighted by Crippen LogP contribution is -2.00. The highest BCUT2D eigenvalue weighted by Crippen LogP contribution is 2.10. The zero-order valence-electron chi connectivity index (χ0n) is 8.96. The van der Waals surface area contributed by atoms with E-state index in [9.17, 15) is 0 Å². The topological polar surface area (TPSA) is 44.2 Å². The highest BCUT2D eigenvalue weighted by molar-refractivity contribution is 5.15. The maximum atomic E-state index is 5.43. The minimum Gasteiger partial charge on any atom is -0.481 e. The molecule has 0 aliphatic carbocycles. The van der Waals surface area contributed by atoms with Crippen LogP contribution < -0.4 is 9.47 Å². The predicted molar refractivity (Wildman–Crippen MR) is 59.4 cm³/mol. The van der Waals surface area contributed by atoms with E-state index < -0.39 is 0 Å². The number of hydrogen-bond acceptors (Lipinski definition) is 4. The van der Waals surface area contributed by atoms with Gasteiger partial charge in [0.2, 0.25) is 5.88 Å². The first-order chi connectivity index (χ1) is 7.88. The van der Waals surface area contributed by atoms with E-state index in [4.69, 9.17) is 9.47 Å². The van der Waals surface area contributed by atoms with Crippen LogP contribution in [0.25, 0.3) is 0 Å². The average Bonchev–Trinajstić information content (AvgIpc) is 2.38. The van der Waals surface area contributed by atoms with Crippen molar-refractivity contribution in [3.63, 3.8) is 0 Å². The Labute approximate surface area is 93.9 Å². The number of aromatic nitrogens is 2. The summed E-state index contributed by atoms with van der Waals surface area (Å²) in [6.07, 6.45) is 1.60. The summed E-state index contributed by atoms with van der Waals surface area (Å²) in [4.78, 5) is 8.04. The molecule has 0 radical (unpaired) electrons. The van der Waals surface area contributed by atoms with Crippen molar-refractivity contribution in [3.8, 4) is 11.9 Å². The van der Waals surface area contributed by atoms with Gasteiger partial charge < -0.3 is 9.47 Å². The van der Waals surface area contributed by atoms with Crippen LogP contribution in [-0.4, -0.2) is 17.1 Å². The summed E-state index contributed by atoms with van der Waals surface area (Å²) in [5, 5.41) is 0. The molecule has 0 saturated carbocycles. The van der Waals surface area contributed by atoms with E-state index in [0.29, 0.717) is 18.5 Å². The third-order valence-corrected chi connectivity index (χ3v) is 2.03. The molecule has 0 N–H and O–H groups in total. The van der Waals surface area contributed by atoms with Crippen LogP contribution in [0.15, 0.2) is 42.6 Å². The number of methoxy groups -OCH3 is 1. The molecule has 0 atom stereocenters. The number of ether oxygens (including phenoxy) is 2. The Morgan fingerprint density at radius 2 is 1.94 bits per heavy atom. The Kier molecular flexibility index (Phi) is 3.33. The molecule has 0 aliphatic rings. The molecule has 2 rings (SSSR count). The molecule has 0 bridgehead atoms. The molecule has 0 amide bonds. The molecule has 2 aromatic rings. The van der Waals surface area contributed by atoms with Gasteiger partial charge in [-0.15, -0.1) is 0 Å². The van der Waals surface area contributed by atoms with Gasteiger partial charge in [0.15, 0.2) is 0 Å². The molecule has 1 aromatic carbocycles. The van der Waals surface area contributed by atoms with E-state index in [1.54, 1.807) is 19.4 Å². The van der Waals surface area contributed by atoms with Crippen molar-refractivity contribution in [3.05, 3.63) is 48.2 Å². The largest absolute Gasteiger partial charge is 0.481 e. The normalized spacial score (nSPS) is 9.81. The predicted octanol–water partition coefficient (Wildman–Crippen LogP) is 2.06. The van der Waals surface area contributed by atoms with Gasteiger partial charge in [-0.1, -0.05) is 30.3 Å². The van der Waals surface area contributed by atoms with E-state index in [1.807, 2.05) is 30.3 Å². The molecule has 0 unspecified atom stereocenters. The Balaban J connectivity index is 1.99. The van der Waals surface area contributed by atoms with Gasteiger partial charge in [0.05, 0.1) is 7.11 Å². The van der Waals surface area contributed by atoms with E-state index in [0.717, 1.165) is 5.56 Å². The fourth-order valence-corrected chi connectivity index (χ4v) is 1.23. The first kappa shape index (κ1) is 10.4. The van der Waals surface area contributed by atoms with Crippen LogP contribution in [0.4, 0.5) is 0 Å². The van der Waals surface area contributed by atoms with Crippen LogP contribution in [0.3, 0.4) is 0 Å². The summed E-state index contributed by atoms with van der Waals surface area (Å²) in [7, 11) is 1.56. The standard InChI is InChI=1S/C12H12N2O2/c1-15-11-7-8-13-12(14-11)16-9-10-5-3-2-4-6-10/h2-8H,9H2,1H3. The molecular formula is C12H12N2O2. The molecular weight excluding hydrogens is 204 g/mol. The zero-order valence-corrected chi connectivity index (χ0v) is 8.96. The quantitative estimate of drug-likeness (QED) is 0.784. The zero-order chi connectivity index (χ0) is 11.2. The molecule has 1 aromatic heterocycles. The average molecular weight is 216 g/mol. The second kappa shape index (κ2) is 5.11. The van der Waals surface area contributed by atoms with Crippen molar-refractivity contribution in [1.29, 1.82) is 0 Å². The number of hydrogen-bond donors (Lipinski definition) is 0. The Hall–Kier alpha value is -2.10. The van der Waals surface area contributed by atoms with Gasteiger partial charge in [-0.3, -0.25) is 0 Å². The van der Waals surface area contributed by atoms with Crippen molar-refractivity contribution in [2.45, 2.75) is 6.61 Å². The molecule has 16 heavy (non-hydrogen) atoms. The maximum Gasteiger partial charge on any atom is 0.320 e. The second-order valence-corrected chi connectivity index (χ2v) is 3.16. The maximum absolute atomic E-state index is 5.43. The van der Waals surface area contributed by atoms with Crippen molar-refractivity contribution >= 4 is 0 Å². The number of benzene rings is 1. The lowest BCUT2D eigenvalue weighted by Gasteiger charge is -2.04. The van der Waals surface area contributed by atoms with Crippen LogP contribution in [0.2, 0.25) is 0 Å². The first-order valence-electron chi connectivity index (χ1n) is 4.92. The summed E-state index contributed by atoms with van der Waals surface area (Å²) in [6.45, 7) is 0.452. The second-order valence-electron chi connectivity index (χ2n) is 3.16. The molecule has 4 nitrogen and oxygen atoms in total. The molecule has 0 aliphatic heterocycles. The SMILES string of the molecule is COc1ccnc(OCc2ccccc2)n1. The fraction of sp³-hybridized carbons (Fsp3) is 0.167.